The van der Waals surface area contributed by atoms with Crippen molar-refractivity contribution in [3.05, 3.63) is 48.0 Å². The molecule has 2 rings (SSSR count). The lowest BCUT2D eigenvalue weighted by Crippen LogP contribution is -2.11. The van der Waals surface area contributed by atoms with Gasteiger partial charge >= 0.3 is 7.69 Å². The highest BCUT2D eigenvalue weighted by Crippen LogP contribution is 2.28. The first-order chi connectivity index (χ1) is 9.06. The Hall–Kier alpha value is -2.44. The standard InChI is InChI=1S/C12H9BF2O4/c14-7-1-3-11(9(16)5-7)18-13-19-12-4-2-8(15)6-10(12)17/h1-6,13,16-17H. The van der Waals surface area contributed by atoms with Crippen molar-refractivity contribution in [1.29, 1.82) is 0 Å². The number of phenols is 2. The van der Waals surface area contributed by atoms with Crippen molar-refractivity contribution in [2.24, 2.45) is 0 Å². The van der Waals surface area contributed by atoms with Gasteiger partial charge in [0.1, 0.15) is 23.1 Å². The molecule has 0 amide bonds. The highest BCUT2D eigenvalue weighted by atomic mass is 19.1. The van der Waals surface area contributed by atoms with Gasteiger partial charge in [-0.2, -0.15) is 0 Å². The van der Waals surface area contributed by atoms with E-state index in [1.807, 2.05) is 0 Å². The highest BCUT2D eigenvalue weighted by Gasteiger charge is 2.08. The van der Waals surface area contributed by atoms with E-state index < -0.39 is 11.6 Å². The second kappa shape index (κ2) is 5.47. The molecule has 0 fully saturated rings. The van der Waals surface area contributed by atoms with Crippen molar-refractivity contribution in [2.45, 2.75) is 0 Å². The summed E-state index contributed by atoms with van der Waals surface area (Å²) in [5, 5.41) is 18.7. The van der Waals surface area contributed by atoms with Crippen molar-refractivity contribution in [3.8, 4) is 23.0 Å². The van der Waals surface area contributed by atoms with Crippen LogP contribution in [0.1, 0.15) is 0 Å². The van der Waals surface area contributed by atoms with Crippen LogP contribution in [0.3, 0.4) is 0 Å². The second-order valence-electron chi connectivity index (χ2n) is 3.63. The molecule has 19 heavy (non-hydrogen) atoms. The first-order valence-corrected chi connectivity index (χ1v) is 5.29. The molecule has 0 aromatic heterocycles. The zero-order chi connectivity index (χ0) is 13.8. The molecular weight excluding hydrogens is 257 g/mol. The lowest BCUT2D eigenvalue weighted by Gasteiger charge is -2.09. The molecule has 0 atom stereocenters. The van der Waals surface area contributed by atoms with Gasteiger partial charge in [0, 0.05) is 12.1 Å². The van der Waals surface area contributed by atoms with Crippen LogP contribution in [-0.4, -0.2) is 17.9 Å². The van der Waals surface area contributed by atoms with E-state index in [2.05, 4.69) is 0 Å². The summed E-state index contributed by atoms with van der Waals surface area (Å²) in [7, 11) is -0.335. The molecule has 0 aliphatic carbocycles. The molecule has 0 aliphatic rings. The summed E-state index contributed by atoms with van der Waals surface area (Å²) in [4.78, 5) is 0. The summed E-state index contributed by atoms with van der Waals surface area (Å²) in [6, 6.07) is 6.49. The zero-order valence-electron chi connectivity index (χ0n) is 9.64. The van der Waals surface area contributed by atoms with E-state index in [0.29, 0.717) is 0 Å². The molecule has 7 heteroatoms. The molecule has 98 valence electrons. The fraction of sp³-hybridized carbons (Fsp3) is 0. The van der Waals surface area contributed by atoms with E-state index in [4.69, 9.17) is 9.31 Å². The average molecular weight is 266 g/mol. The van der Waals surface area contributed by atoms with Gasteiger partial charge in [-0.25, -0.2) is 8.78 Å². The molecule has 0 saturated carbocycles. The monoisotopic (exact) mass is 266 g/mol. The van der Waals surface area contributed by atoms with Crippen molar-refractivity contribution in [3.63, 3.8) is 0 Å². The molecule has 0 saturated heterocycles. The number of hydrogen-bond donors (Lipinski definition) is 2. The largest absolute Gasteiger partial charge is 0.576 e. The van der Waals surface area contributed by atoms with E-state index in [9.17, 15) is 19.0 Å². The quantitative estimate of drug-likeness (QED) is 0.832. The Morgan fingerprint density at radius 1 is 0.789 bits per heavy atom. The summed E-state index contributed by atoms with van der Waals surface area (Å²) < 4.78 is 35.5. The zero-order valence-corrected chi connectivity index (χ0v) is 9.64. The Balaban J connectivity index is 1.96. The van der Waals surface area contributed by atoms with Gasteiger partial charge in [0.2, 0.25) is 0 Å². The van der Waals surface area contributed by atoms with E-state index in [1.54, 1.807) is 0 Å². The third kappa shape index (κ3) is 3.28. The van der Waals surface area contributed by atoms with Crippen LogP contribution in [0, 0.1) is 11.6 Å². The van der Waals surface area contributed by atoms with E-state index >= 15 is 0 Å². The third-order valence-electron chi connectivity index (χ3n) is 2.27. The first-order valence-electron chi connectivity index (χ1n) is 5.29. The van der Waals surface area contributed by atoms with Crippen LogP contribution in [0.2, 0.25) is 0 Å². The summed E-state index contributed by atoms with van der Waals surface area (Å²) in [5.41, 5.74) is 0. The molecule has 0 radical (unpaired) electrons. The highest BCUT2D eigenvalue weighted by molar-refractivity contribution is 6.21. The minimum atomic E-state index is -0.595. The van der Waals surface area contributed by atoms with Crippen LogP contribution in [0.25, 0.3) is 0 Å². The van der Waals surface area contributed by atoms with E-state index in [-0.39, 0.29) is 30.7 Å². The molecule has 2 aromatic rings. The number of halogens is 2. The predicted octanol–water partition coefficient (Wildman–Crippen LogP) is 2.10. The topological polar surface area (TPSA) is 58.9 Å². The molecule has 2 N–H and O–H groups in total. The fourth-order valence-corrected chi connectivity index (χ4v) is 1.38. The second-order valence-corrected chi connectivity index (χ2v) is 3.63. The van der Waals surface area contributed by atoms with Crippen LogP contribution in [-0.2, 0) is 0 Å². The van der Waals surface area contributed by atoms with Crippen LogP contribution in [0.5, 0.6) is 23.0 Å². The maximum absolute atomic E-state index is 12.7. The van der Waals surface area contributed by atoms with Gasteiger partial charge in [-0.05, 0) is 24.3 Å². The molecular formula is C12H9BF2O4. The predicted molar refractivity (Wildman–Crippen MR) is 64.5 cm³/mol. The van der Waals surface area contributed by atoms with Gasteiger partial charge < -0.3 is 19.5 Å². The lowest BCUT2D eigenvalue weighted by molar-refractivity contribution is 0.394. The number of phenolic OH excluding ortho intramolecular Hbond substituents is 2. The molecule has 0 heterocycles. The molecule has 0 bridgehead atoms. The maximum atomic E-state index is 12.7. The van der Waals surface area contributed by atoms with Crippen LogP contribution in [0.15, 0.2) is 36.4 Å². The van der Waals surface area contributed by atoms with Crippen LogP contribution >= 0.6 is 0 Å². The lowest BCUT2D eigenvalue weighted by atomic mass is 10.2. The Morgan fingerprint density at radius 3 is 1.58 bits per heavy atom. The van der Waals surface area contributed by atoms with Crippen LogP contribution < -0.4 is 9.31 Å². The van der Waals surface area contributed by atoms with Gasteiger partial charge in [-0.1, -0.05) is 0 Å². The van der Waals surface area contributed by atoms with Gasteiger partial charge in [-0.15, -0.1) is 0 Å². The Morgan fingerprint density at radius 2 is 1.21 bits per heavy atom. The SMILES string of the molecule is Oc1cc(F)ccc1OBOc1ccc(F)cc1O. The number of benzene rings is 2. The first kappa shape index (κ1) is 13.0. The summed E-state index contributed by atoms with van der Waals surface area (Å²) in [6.45, 7) is 0. The van der Waals surface area contributed by atoms with E-state index in [0.717, 1.165) is 24.3 Å². The van der Waals surface area contributed by atoms with Crippen molar-refractivity contribution in [1.82, 2.24) is 0 Å². The molecule has 2 aromatic carbocycles. The summed E-state index contributed by atoms with van der Waals surface area (Å²) in [5.74, 6) is -1.87. The molecule has 0 aliphatic heterocycles. The van der Waals surface area contributed by atoms with E-state index in [1.165, 1.54) is 12.1 Å². The number of rotatable bonds is 4. The average Bonchev–Trinajstić information content (AvgIpc) is 2.34. The maximum Gasteiger partial charge on any atom is 0.576 e. The Kier molecular flexibility index (Phi) is 3.75. The third-order valence-corrected chi connectivity index (χ3v) is 2.27. The van der Waals surface area contributed by atoms with Crippen molar-refractivity contribution >= 4 is 7.69 Å². The minimum absolute atomic E-state index is 0.0306. The Labute approximate surface area is 108 Å². The van der Waals surface area contributed by atoms with Gasteiger partial charge in [0.05, 0.1) is 0 Å². The van der Waals surface area contributed by atoms with Crippen molar-refractivity contribution in [2.75, 3.05) is 0 Å². The summed E-state index contributed by atoms with van der Waals surface area (Å²) in [6.07, 6.45) is 0. The van der Waals surface area contributed by atoms with Crippen molar-refractivity contribution < 1.29 is 28.3 Å². The van der Waals surface area contributed by atoms with Gasteiger partial charge in [0.15, 0.2) is 11.5 Å². The normalized spacial score (nSPS) is 10.0. The fourth-order valence-electron chi connectivity index (χ4n) is 1.38. The van der Waals surface area contributed by atoms with Gasteiger partial charge in [0.25, 0.3) is 0 Å². The van der Waals surface area contributed by atoms with Gasteiger partial charge in [-0.3, -0.25) is 0 Å². The molecule has 0 spiro atoms. The Bertz CT molecular complexity index is 540. The summed E-state index contributed by atoms with van der Waals surface area (Å²) >= 11 is 0. The molecule has 4 nitrogen and oxygen atoms in total. The number of hydrogen-bond acceptors (Lipinski definition) is 4. The smallest absolute Gasteiger partial charge is 0.526 e. The number of aromatic hydroxyl groups is 2. The van der Waals surface area contributed by atoms with Crippen LogP contribution in [0.4, 0.5) is 8.78 Å². The minimum Gasteiger partial charge on any atom is -0.526 e. The molecule has 0 unspecified atom stereocenters.